The third-order valence-corrected chi connectivity index (χ3v) is 5.39. The maximum Gasteiger partial charge on any atom is 0.243 e. The van der Waals surface area contributed by atoms with E-state index in [1.165, 1.54) is 16.7 Å². The summed E-state index contributed by atoms with van der Waals surface area (Å²) in [5.74, 6) is 0.952. The molecule has 152 valence electrons. The standard InChI is InChI=1S/C20H23N5O3S/c1-4-14-8-5-6-9-15(14)21-17(26)12-24(2)18(27)13-29-20-23-22-19(25(20)3)16-10-7-11-28-16/h5-11H,4,12-13H2,1-3H3,(H,21,26). The van der Waals surface area contributed by atoms with Crippen LogP contribution in [0.25, 0.3) is 11.6 Å². The fraction of sp³-hybridized carbons (Fsp3) is 0.300. The molecule has 0 aliphatic heterocycles. The molecule has 0 aliphatic carbocycles. The van der Waals surface area contributed by atoms with Crippen molar-refractivity contribution in [2.24, 2.45) is 7.05 Å². The Hall–Kier alpha value is -3.07. The average molecular weight is 414 g/mol. The Balaban J connectivity index is 1.52. The van der Waals surface area contributed by atoms with E-state index in [0.717, 1.165) is 17.7 Å². The van der Waals surface area contributed by atoms with Gasteiger partial charge >= 0.3 is 0 Å². The fourth-order valence-electron chi connectivity index (χ4n) is 2.74. The van der Waals surface area contributed by atoms with Crippen molar-refractivity contribution in [3.8, 4) is 11.6 Å². The van der Waals surface area contributed by atoms with Crippen LogP contribution in [0.4, 0.5) is 5.69 Å². The highest BCUT2D eigenvalue weighted by atomic mass is 32.2. The van der Waals surface area contributed by atoms with Gasteiger partial charge in [-0.25, -0.2) is 0 Å². The first-order chi connectivity index (χ1) is 14.0. The predicted octanol–water partition coefficient (Wildman–Crippen LogP) is 2.83. The highest BCUT2D eigenvalue weighted by molar-refractivity contribution is 7.99. The minimum atomic E-state index is -0.231. The number of aryl methyl sites for hydroxylation is 1. The largest absolute Gasteiger partial charge is 0.461 e. The minimum absolute atomic E-state index is 0.0199. The van der Waals surface area contributed by atoms with Gasteiger partial charge in [0.1, 0.15) is 0 Å². The van der Waals surface area contributed by atoms with E-state index in [-0.39, 0.29) is 24.1 Å². The van der Waals surface area contributed by atoms with E-state index in [0.29, 0.717) is 16.7 Å². The molecular weight excluding hydrogens is 390 g/mol. The second-order valence-corrected chi connectivity index (χ2v) is 7.38. The third-order valence-electron chi connectivity index (χ3n) is 4.38. The molecule has 29 heavy (non-hydrogen) atoms. The first-order valence-corrected chi connectivity index (χ1v) is 10.2. The van der Waals surface area contributed by atoms with Crippen molar-refractivity contribution in [2.75, 3.05) is 24.7 Å². The van der Waals surface area contributed by atoms with E-state index in [9.17, 15) is 9.59 Å². The first-order valence-electron chi connectivity index (χ1n) is 9.17. The van der Waals surface area contributed by atoms with Gasteiger partial charge in [-0.15, -0.1) is 10.2 Å². The number of carbonyl (C=O) groups is 2. The number of amides is 2. The second kappa shape index (κ2) is 9.42. The van der Waals surface area contributed by atoms with Crippen LogP contribution < -0.4 is 5.32 Å². The molecule has 1 aromatic carbocycles. The van der Waals surface area contributed by atoms with Crippen molar-refractivity contribution in [3.05, 3.63) is 48.2 Å². The SMILES string of the molecule is CCc1ccccc1NC(=O)CN(C)C(=O)CSc1nnc(-c2ccco2)n1C. The molecule has 2 aromatic heterocycles. The second-order valence-electron chi connectivity index (χ2n) is 6.44. The van der Waals surface area contributed by atoms with Crippen LogP contribution in [0.5, 0.6) is 0 Å². The van der Waals surface area contributed by atoms with E-state index in [1.807, 2.05) is 38.2 Å². The maximum absolute atomic E-state index is 12.4. The van der Waals surface area contributed by atoms with Gasteiger partial charge in [0.15, 0.2) is 16.7 Å². The molecule has 0 unspecified atom stereocenters. The summed E-state index contributed by atoms with van der Waals surface area (Å²) in [7, 11) is 3.42. The lowest BCUT2D eigenvalue weighted by Crippen LogP contribution is -2.36. The molecule has 2 amide bonds. The van der Waals surface area contributed by atoms with Crippen LogP contribution in [0.2, 0.25) is 0 Å². The number of thioether (sulfide) groups is 1. The lowest BCUT2D eigenvalue weighted by Gasteiger charge is -2.17. The van der Waals surface area contributed by atoms with Gasteiger partial charge in [0.25, 0.3) is 0 Å². The van der Waals surface area contributed by atoms with Crippen molar-refractivity contribution in [2.45, 2.75) is 18.5 Å². The number of benzene rings is 1. The first kappa shape index (κ1) is 20.7. The summed E-state index contributed by atoms with van der Waals surface area (Å²) in [6, 6.07) is 11.2. The molecule has 0 radical (unpaired) electrons. The molecular formula is C20H23N5O3S. The summed E-state index contributed by atoms with van der Waals surface area (Å²) in [4.78, 5) is 26.1. The number of nitrogens with one attached hydrogen (secondary N) is 1. The number of anilines is 1. The average Bonchev–Trinajstić information content (AvgIpc) is 3.36. The zero-order valence-corrected chi connectivity index (χ0v) is 17.4. The molecule has 0 saturated heterocycles. The molecule has 0 spiro atoms. The van der Waals surface area contributed by atoms with E-state index in [2.05, 4.69) is 15.5 Å². The van der Waals surface area contributed by atoms with Crippen molar-refractivity contribution in [1.82, 2.24) is 19.7 Å². The normalized spacial score (nSPS) is 10.7. The van der Waals surface area contributed by atoms with Crippen LogP contribution >= 0.6 is 11.8 Å². The smallest absolute Gasteiger partial charge is 0.243 e. The van der Waals surface area contributed by atoms with Crippen LogP contribution in [0, 0.1) is 0 Å². The number of aromatic nitrogens is 3. The number of likely N-dealkylation sites (N-methyl/N-ethyl adjacent to an activating group) is 1. The molecule has 1 N–H and O–H groups in total. The Morgan fingerprint density at radius 3 is 2.72 bits per heavy atom. The Morgan fingerprint density at radius 1 is 1.21 bits per heavy atom. The molecule has 0 bridgehead atoms. The topological polar surface area (TPSA) is 93.3 Å². The number of furan rings is 1. The fourth-order valence-corrected chi connectivity index (χ4v) is 3.59. The lowest BCUT2D eigenvalue weighted by molar-refractivity contribution is -0.131. The summed E-state index contributed by atoms with van der Waals surface area (Å²) in [6.45, 7) is 2.01. The molecule has 2 heterocycles. The number of hydrogen-bond donors (Lipinski definition) is 1. The van der Waals surface area contributed by atoms with Gasteiger partial charge in [-0.3, -0.25) is 9.59 Å². The molecule has 8 nitrogen and oxygen atoms in total. The third kappa shape index (κ3) is 5.05. The summed E-state index contributed by atoms with van der Waals surface area (Å²) in [5.41, 5.74) is 1.83. The summed E-state index contributed by atoms with van der Waals surface area (Å²) in [6.07, 6.45) is 2.39. The molecule has 0 aliphatic rings. The maximum atomic E-state index is 12.4. The van der Waals surface area contributed by atoms with Crippen LogP contribution in [0.15, 0.2) is 52.2 Å². The Bertz CT molecular complexity index is 984. The summed E-state index contributed by atoms with van der Waals surface area (Å²) >= 11 is 1.26. The zero-order valence-electron chi connectivity index (χ0n) is 16.6. The van der Waals surface area contributed by atoms with E-state index in [1.54, 1.807) is 30.0 Å². The van der Waals surface area contributed by atoms with E-state index < -0.39 is 0 Å². The molecule has 3 rings (SSSR count). The minimum Gasteiger partial charge on any atom is -0.461 e. The number of hydrogen-bond acceptors (Lipinski definition) is 6. The highest BCUT2D eigenvalue weighted by Gasteiger charge is 2.17. The lowest BCUT2D eigenvalue weighted by atomic mass is 10.1. The van der Waals surface area contributed by atoms with Crippen molar-refractivity contribution >= 4 is 29.3 Å². The zero-order chi connectivity index (χ0) is 20.8. The molecule has 0 fully saturated rings. The number of nitrogens with zero attached hydrogens (tertiary/aromatic N) is 4. The predicted molar refractivity (Wildman–Crippen MR) is 112 cm³/mol. The van der Waals surface area contributed by atoms with Gasteiger partial charge in [-0.05, 0) is 30.2 Å². The number of carbonyl (C=O) groups excluding carboxylic acids is 2. The van der Waals surface area contributed by atoms with Crippen molar-refractivity contribution in [1.29, 1.82) is 0 Å². The van der Waals surface area contributed by atoms with Crippen molar-refractivity contribution < 1.29 is 14.0 Å². The molecule has 3 aromatic rings. The van der Waals surface area contributed by atoms with Crippen LogP contribution in [-0.4, -0.2) is 50.8 Å². The van der Waals surface area contributed by atoms with E-state index >= 15 is 0 Å². The number of para-hydroxylation sites is 1. The Kier molecular flexibility index (Phi) is 6.71. The van der Waals surface area contributed by atoms with Crippen LogP contribution in [-0.2, 0) is 23.1 Å². The van der Waals surface area contributed by atoms with Gasteiger partial charge in [0.2, 0.25) is 11.8 Å². The van der Waals surface area contributed by atoms with Crippen molar-refractivity contribution in [3.63, 3.8) is 0 Å². The van der Waals surface area contributed by atoms with Gasteiger partial charge < -0.3 is 19.2 Å². The summed E-state index contributed by atoms with van der Waals surface area (Å²) in [5, 5.41) is 11.7. The van der Waals surface area contributed by atoms with Gasteiger partial charge in [0, 0.05) is 19.8 Å². The molecule has 0 saturated carbocycles. The van der Waals surface area contributed by atoms with E-state index in [4.69, 9.17) is 4.42 Å². The Labute approximate surface area is 173 Å². The molecule has 9 heteroatoms. The quantitative estimate of drug-likeness (QED) is 0.571. The van der Waals surface area contributed by atoms with Crippen LogP contribution in [0.1, 0.15) is 12.5 Å². The van der Waals surface area contributed by atoms with Gasteiger partial charge in [-0.1, -0.05) is 36.9 Å². The highest BCUT2D eigenvalue weighted by Crippen LogP contribution is 2.23. The number of rotatable bonds is 8. The summed E-state index contributed by atoms with van der Waals surface area (Å²) < 4.78 is 7.10. The monoisotopic (exact) mass is 413 g/mol. The molecule has 0 atom stereocenters. The van der Waals surface area contributed by atoms with Gasteiger partial charge in [0.05, 0.1) is 18.6 Å². The van der Waals surface area contributed by atoms with Gasteiger partial charge in [-0.2, -0.15) is 0 Å². The van der Waals surface area contributed by atoms with Crippen LogP contribution in [0.3, 0.4) is 0 Å². The Morgan fingerprint density at radius 2 is 2.00 bits per heavy atom.